The number of halogens is 2. The molecule has 0 radical (unpaired) electrons. The summed E-state index contributed by atoms with van der Waals surface area (Å²) in [5.74, 6) is 2.75. The minimum Gasteiger partial charge on any atom is -0.493 e. The summed E-state index contributed by atoms with van der Waals surface area (Å²) in [4.78, 5) is 6.05. The molecule has 2 aromatic rings. The number of benzene rings is 2. The number of methoxy groups -OCH3 is 1. The molecule has 144 valence electrons. The van der Waals surface area contributed by atoms with Crippen LogP contribution in [0.4, 0.5) is 0 Å². The van der Waals surface area contributed by atoms with Gasteiger partial charge in [0.15, 0.2) is 17.2 Å². The molecule has 0 bridgehead atoms. The Morgan fingerprint density at radius 1 is 0.962 bits per heavy atom. The van der Waals surface area contributed by atoms with Crippen LogP contribution in [0.2, 0.25) is 0 Å². The van der Waals surface area contributed by atoms with Crippen molar-refractivity contribution in [1.82, 2.24) is 5.06 Å². The van der Waals surface area contributed by atoms with Crippen molar-refractivity contribution in [1.29, 1.82) is 0 Å². The van der Waals surface area contributed by atoms with Crippen LogP contribution in [0.15, 0.2) is 48.5 Å². The molecule has 1 unspecified atom stereocenters. The minimum absolute atomic E-state index is 0. The predicted octanol–water partition coefficient (Wildman–Crippen LogP) is 5.50. The zero-order chi connectivity index (χ0) is 18.1. The summed E-state index contributed by atoms with van der Waals surface area (Å²) >= 11 is 5.85. The van der Waals surface area contributed by atoms with Crippen molar-refractivity contribution in [2.24, 2.45) is 0 Å². The molecule has 26 heavy (non-hydrogen) atoms. The fraction of sp³-hybridized carbons (Fsp3) is 0.400. The van der Waals surface area contributed by atoms with Crippen molar-refractivity contribution < 1.29 is 14.3 Å². The van der Waals surface area contributed by atoms with Crippen molar-refractivity contribution in [2.75, 3.05) is 26.1 Å². The fourth-order valence-electron chi connectivity index (χ4n) is 2.57. The van der Waals surface area contributed by atoms with E-state index >= 15 is 0 Å². The van der Waals surface area contributed by atoms with E-state index in [0.29, 0.717) is 12.4 Å². The van der Waals surface area contributed by atoms with Gasteiger partial charge in [-0.15, -0.1) is 29.1 Å². The molecule has 0 N–H and O–H groups in total. The lowest BCUT2D eigenvalue weighted by molar-refractivity contribution is -0.0501. The van der Waals surface area contributed by atoms with Gasteiger partial charge in [0.05, 0.1) is 7.11 Å². The highest BCUT2D eigenvalue weighted by molar-refractivity contribution is 6.18. The van der Waals surface area contributed by atoms with Crippen LogP contribution in [-0.4, -0.2) is 31.1 Å². The maximum atomic E-state index is 6.24. The Balaban J connectivity index is 0.00000338. The molecule has 4 nitrogen and oxygen atoms in total. The van der Waals surface area contributed by atoms with Crippen molar-refractivity contribution in [2.45, 2.75) is 26.4 Å². The van der Waals surface area contributed by atoms with Crippen molar-refractivity contribution in [3.63, 3.8) is 0 Å². The van der Waals surface area contributed by atoms with E-state index in [2.05, 4.69) is 6.92 Å². The van der Waals surface area contributed by atoms with Gasteiger partial charge in [0, 0.05) is 24.5 Å². The Morgan fingerprint density at radius 2 is 1.58 bits per heavy atom. The van der Waals surface area contributed by atoms with E-state index < -0.39 is 0 Å². The van der Waals surface area contributed by atoms with Gasteiger partial charge in [0.2, 0.25) is 0 Å². The summed E-state index contributed by atoms with van der Waals surface area (Å²) in [6, 6.07) is 15.6. The lowest BCUT2D eigenvalue weighted by atomic mass is 10.1. The van der Waals surface area contributed by atoms with Gasteiger partial charge in [0.25, 0.3) is 0 Å². The Kier molecular flexibility index (Phi) is 10.3. The zero-order valence-corrected chi connectivity index (χ0v) is 17.1. The molecule has 0 fully saturated rings. The molecule has 2 aromatic carbocycles. The Labute approximate surface area is 167 Å². The quantitative estimate of drug-likeness (QED) is 0.389. The van der Waals surface area contributed by atoms with Gasteiger partial charge in [0.1, 0.15) is 6.10 Å². The summed E-state index contributed by atoms with van der Waals surface area (Å²) in [7, 11) is 1.64. The Hall–Kier alpha value is -1.62. The van der Waals surface area contributed by atoms with Crippen LogP contribution in [0.1, 0.15) is 31.9 Å². The molecule has 0 heterocycles. The second kappa shape index (κ2) is 11.9. The summed E-state index contributed by atoms with van der Waals surface area (Å²) in [6.45, 7) is 5.55. The van der Waals surface area contributed by atoms with Gasteiger partial charge in [-0.1, -0.05) is 37.3 Å². The Bertz CT molecular complexity index is 654. The highest BCUT2D eigenvalue weighted by atomic mass is 35.5. The number of para-hydroxylation sites is 3. The van der Waals surface area contributed by atoms with Gasteiger partial charge in [-0.25, -0.2) is 0 Å². The number of ether oxygens (including phenoxy) is 2. The van der Waals surface area contributed by atoms with Crippen LogP contribution in [-0.2, 0) is 0 Å². The van der Waals surface area contributed by atoms with Crippen molar-refractivity contribution in [3.05, 3.63) is 54.1 Å². The summed E-state index contributed by atoms with van der Waals surface area (Å²) in [5, 5.41) is 1.85. The molecule has 0 spiro atoms. The monoisotopic (exact) mass is 399 g/mol. The minimum atomic E-state index is -0.137. The molecule has 0 amide bonds. The highest BCUT2D eigenvalue weighted by Gasteiger charge is 2.19. The summed E-state index contributed by atoms with van der Waals surface area (Å²) in [5.41, 5.74) is 1.00. The van der Waals surface area contributed by atoms with E-state index in [9.17, 15) is 0 Å². The van der Waals surface area contributed by atoms with Gasteiger partial charge >= 0.3 is 0 Å². The molecular formula is C20H27Cl2NO3. The van der Waals surface area contributed by atoms with Crippen LogP contribution in [0, 0.1) is 0 Å². The average molecular weight is 400 g/mol. The van der Waals surface area contributed by atoms with E-state index in [4.69, 9.17) is 25.9 Å². The molecule has 2 rings (SSSR count). The van der Waals surface area contributed by atoms with Crippen LogP contribution in [0.3, 0.4) is 0 Å². The largest absolute Gasteiger partial charge is 0.493 e. The zero-order valence-electron chi connectivity index (χ0n) is 15.5. The summed E-state index contributed by atoms with van der Waals surface area (Å²) < 4.78 is 11.6. The standard InChI is InChI=1S/C20H26ClNO3.ClH/c1-4-17(24-20-13-9-8-12-19(20)23-3)16-10-6-7-11-18(16)25-22(5-2)15-14-21;/h6-13,17H,4-5,14-15H2,1-3H3;1H. The molecule has 0 aliphatic carbocycles. The SMILES string of the molecule is CCC(Oc1ccccc1OC)c1ccccc1ON(CC)CCCl.Cl. The first-order valence-electron chi connectivity index (χ1n) is 8.60. The van der Waals surface area contributed by atoms with Gasteiger partial charge < -0.3 is 14.3 Å². The molecule has 0 aliphatic rings. The number of hydrogen-bond acceptors (Lipinski definition) is 4. The van der Waals surface area contributed by atoms with E-state index in [1.807, 2.05) is 60.5 Å². The molecule has 0 aliphatic heterocycles. The maximum Gasteiger partial charge on any atom is 0.162 e. The molecule has 0 aromatic heterocycles. The smallest absolute Gasteiger partial charge is 0.162 e. The number of rotatable bonds is 10. The van der Waals surface area contributed by atoms with E-state index in [-0.39, 0.29) is 18.5 Å². The van der Waals surface area contributed by atoms with Gasteiger partial charge in [-0.05, 0) is 31.5 Å². The number of nitrogens with zero attached hydrogens (tertiary/aromatic N) is 1. The number of hydrogen-bond donors (Lipinski definition) is 0. The van der Waals surface area contributed by atoms with E-state index in [0.717, 1.165) is 35.8 Å². The second-order valence-electron chi connectivity index (χ2n) is 5.51. The number of hydroxylamine groups is 2. The Morgan fingerprint density at radius 3 is 2.15 bits per heavy atom. The molecule has 0 saturated carbocycles. The van der Waals surface area contributed by atoms with E-state index in [1.54, 1.807) is 7.11 Å². The molecule has 1 atom stereocenters. The predicted molar refractivity (Wildman–Crippen MR) is 109 cm³/mol. The first-order valence-corrected chi connectivity index (χ1v) is 9.14. The number of alkyl halides is 1. The first kappa shape index (κ1) is 22.4. The van der Waals surface area contributed by atoms with Crippen molar-refractivity contribution in [3.8, 4) is 17.2 Å². The molecular weight excluding hydrogens is 373 g/mol. The van der Waals surface area contributed by atoms with Crippen molar-refractivity contribution >= 4 is 24.0 Å². The average Bonchev–Trinajstić information content (AvgIpc) is 2.66. The first-order chi connectivity index (χ1) is 12.2. The highest BCUT2D eigenvalue weighted by Crippen LogP contribution is 2.35. The van der Waals surface area contributed by atoms with Crippen LogP contribution >= 0.6 is 24.0 Å². The van der Waals surface area contributed by atoms with Gasteiger partial charge in [-0.2, -0.15) is 0 Å². The molecule has 0 saturated heterocycles. The molecule has 6 heteroatoms. The van der Waals surface area contributed by atoms with Crippen LogP contribution < -0.4 is 14.3 Å². The topological polar surface area (TPSA) is 30.9 Å². The van der Waals surface area contributed by atoms with Crippen LogP contribution in [0.25, 0.3) is 0 Å². The van der Waals surface area contributed by atoms with Gasteiger partial charge in [-0.3, -0.25) is 0 Å². The third-order valence-electron chi connectivity index (χ3n) is 3.89. The normalized spacial score (nSPS) is 11.6. The van der Waals surface area contributed by atoms with E-state index in [1.165, 1.54) is 0 Å². The third-order valence-corrected chi connectivity index (χ3v) is 4.06. The second-order valence-corrected chi connectivity index (χ2v) is 5.88. The maximum absolute atomic E-state index is 6.24. The lowest BCUT2D eigenvalue weighted by Gasteiger charge is -2.25. The fourth-order valence-corrected chi connectivity index (χ4v) is 2.76. The third kappa shape index (κ3) is 5.97. The summed E-state index contributed by atoms with van der Waals surface area (Å²) in [6.07, 6.45) is 0.669. The lowest BCUT2D eigenvalue weighted by Crippen LogP contribution is -2.29. The van der Waals surface area contributed by atoms with Crippen LogP contribution in [0.5, 0.6) is 17.2 Å².